The fraction of sp³-hybridized carbons (Fsp3) is 0.333. The third-order valence-corrected chi connectivity index (χ3v) is 3.27. The predicted molar refractivity (Wildman–Crippen MR) is 87.4 cm³/mol. The maximum Gasteiger partial charge on any atom is 0.244 e. The highest BCUT2D eigenvalue weighted by Crippen LogP contribution is 2.35. The van der Waals surface area contributed by atoms with E-state index < -0.39 is 17.7 Å². The summed E-state index contributed by atoms with van der Waals surface area (Å²) in [4.78, 5) is 22.2. The van der Waals surface area contributed by atoms with Crippen LogP contribution in [0.5, 0.6) is 0 Å². The number of hydrogen-bond acceptors (Lipinski definition) is 4. The van der Waals surface area contributed by atoms with Gasteiger partial charge in [-0.15, -0.1) is 0 Å². The van der Waals surface area contributed by atoms with Crippen molar-refractivity contribution in [3.8, 4) is 0 Å². The van der Waals surface area contributed by atoms with E-state index in [1.165, 1.54) is 0 Å². The number of nitrogens with zero attached hydrogens (tertiary/aromatic N) is 1. The third kappa shape index (κ3) is 4.37. The average molecular weight is 315 g/mol. The molecule has 0 saturated heterocycles. The van der Waals surface area contributed by atoms with Gasteiger partial charge in [-0.05, 0) is 31.9 Å². The van der Waals surface area contributed by atoms with E-state index in [4.69, 9.17) is 9.78 Å². The fourth-order valence-corrected chi connectivity index (χ4v) is 2.26. The first-order valence-corrected chi connectivity index (χ1v) is 7.43. The molecule has 122 valence electrons. The highest BCUT2D eigenvalue weighted by molar-refractivity contribution is 5.36. The van der Waals surface area contributed by atoms with Crippen molar-refractivity contribution in [1.82, 2.24) is 0 Å². The molecular formula is C18H21NO4. The molecule has 2 rings (SSSR count). The third-order valence-electron chi connectivity index (χ3n) is 3.27. The molecule has 0 unspecified atom stereocenters. The summed E-state index contributed by atoms with van der Waals surface area (Å²) in [5.74, 6) is 0. The van der Waals surface area contributed by atoms with Crippen molar-refractivity contribution >= 4 is 0 Å². The summed E-state index contributed by atoms with van der Waals surface area (Å²) in [5, 5.41) is 11.4. The number of hydrogen-bond donors (Lipinski definition) is 0. The van der Waals surface area contributed by atoms with Crippen molar-refractivity contribution in [2.45, 2.75) is 32.0 Å². The summed E-state index contributed by atoms with van der Waals surface area (Å²) < 4.78 is 0. The van der Waals surface area contributed by atoms with Crippen molar-refractivity contribution in [2.75, 3.05) is 6.54 Å². The van der Waals surface area contributed by atoms with E-state index >= 15 is 0 Å². The molecule has 0 aliphatic heterocycles. The maximum atomic E-state index is 11.4. The lowest BCUT2D eigenvalue weighted by molar-refractivity contribution is -0.528. The van der Waals surface area contributed by atoms with E-state index in [0.29, 0.717) is 11.1 Å². The first kappa shape index (κ1) is 17.1. The Bertz CT molecular complexity index is 596. The highest BCUT2D eigenvalue weighted by Gasteiger charge is 2.43. The molecule has 2 aromatic carbocycles. The molecule has 0 aliphatic carbocycles. The first-order chi connectivity index (χ1) is 10.8. The zero-order valence-corrected chi connectivity index (χ0v) is 13.6. The van der Waals surface area contributed by atoms with Crippen LogP contribution in [0.3, 0.4) is 0 Å². The molecule has 23 heavy (non-hydrogen) atoms. The van der Waals surface area contributed by atoms with Crippen LogP contribution in [0.4, 0.5) is 0 Å². The van der Waals surface area contributed by atoms with Crippen LogP contribution in [0.25, 0.3) is 0 Å². The van der Waals surface area contributed by atoms with Crippen LogP contribution in [-0.4, -0.2) is 17.1 Å². The van der Waals surface area contributed by atoms with Gasteiger partial charge in [-0.2, -0.15) is 0 Å². The molecule has 0 radical (unpaired) electrons. The summed E-state index contributed by atoms with van der Waals surface area (Å²) in [5.41, 5.74) is -0.552. The number of nitro groups is 1. The second kappa shape index (κ2) is 6.89. The smallest absolute Gasteiger partial charge is 0.244 e. The van der Waals surface area contributed by atoms with Crippen molar-refractivity contribution in [1.29, 1.82) is 0 Å². The van der Waals surface area contributed by atoms with Crippen molar-refractivity contribution < 1.29 is 14.7 Å². The second-order valence-corrected chi connectivity index (χ2v) is 6.33. The van der Waals surface area contributed by atoms with Gasteiger partial charge in [0.2, 0.25) is 12.1 Å². The van der Waals surface area contributed by atoms with Crippen molar-refractivity contribution in [3.05, 3.63) is 81.9 Å². The van der Waals surface area contributed by atoms with Crippen molar-refractivity contribution in [2.24, 2.45) is 0 Å². The second-order valence-electron chi connectivity index (χ2n) is 6.33. The Morgan fingerprint density at radius 2 is 1.30 bits per heavy atom. The Morgan fingerprint density at radius 3 is 1.65 bits per heavy atom. The first-order valence-electron chi connectivity index (χ1n) is 7.43. The van der Waals surface area contributed by atoms with Gasteiger partial charge < -0.3 is 0 Å². The number of rotatable bonds is 6. The van der Waals surface area contributed by atoms with Gasteiger partial charge in [-0.1, -0.05) is 60.7 Å². The molecule has 0 bridgehead atoms. The Labute approximate surface area is 135 Å². The zero-order chi connectivity index (χ0) is 16.9. The molecule has 0 atom stereocenters. The van der Waals surface area contributed by atoms with Gasteiger partial charge in [0.05, 0.1) is 5.60 Å². The van der Waals surface area contributed by atoms with Gasteiger partial charge >= 0.3 is 0 Å². The van der Waals surface area contributed by atoms with Gasteiger partial charge in [0.1, 0.15) is 0 Å². The Morgan fingerprint density at radius 1 is 0.870 bits per heavy atom. The lowest BCUT2D eigenvalue weighted by Gasteiger charge is -2.32. The van der Waals surface area contributed by atoms with Crippen LogP contribution in [0.15, 0.2) is 60.7 Å². The minimum atomic E-state index is -1.31. The Hall–Kier alpha value is -2.24. The van der Waals surface area contributed by atoms with Crippen LogP contribution >= 0.6 is 0 Å². The van der Waals surface area contributed by atoms with Crippen LogP contribution in [0.2, 0.25) is 0 Å². The quantitative estimate of drug-likeness (QED) is 0.460. The molecule has 0 N–H and O–H groups in total. The summed E-state index contributed by atoms with van der Waals surface area (Å²) in [6, 6.07) is 18.3. The van der Waals surface area contributed by atoms with Crippen LogP contribution in [0, 0.1) is 10.1 Å². The number of benzene rings is 2. The minimum Gasteiger partial charge on any atom is -0.264 e. The summed E-state index contributed by atoms with van der Waals surface area (Å²) in [6.07, 6.45) is 0. The molecule has 0 fully saturated rings. The zero-order valence-electron chi connectivity index (χ0n) is 13.6. The SMILES string of the molecule is CC(C)(C)OOC(C[N+](=O)[O-])(c1ccccc1)c1ccccc1. The molecule has 0 amide bonds. The summed E-state index contributed by atoms with van der Waals surface area (Å²) in [7, 11) is 0. The van der Waals surface area contributed by atoms with E-state index in [0.717, 1.165) is 0 Å². The molecule has 0 spiro atoms. The highest BCUT2D eigenvalue weighted by atomic mass is 17.2. The lowest BCUT2D eigenvalue weighted by atomic mass is 9.86. The predicted octanol–water partition coefficient (Wildman–Crippen LogP) is 3.95. The summed E-state index contributed by atoms with van der Waals surface area (Å²) in [6.45, 7) is 5.07. The fourth-order valence-electron chi connectivity index (χ4n) is 2.26. The molecule has 0 aromatic heterocycles. The van der Waals surface area contributed by atoms with Gasteiger partial charge in [0.25, 0.3) is 0 Å². The van der Waals surface area contributed by atoms with Gasteiger partial charge in [0, 0.05) is 4.92 Å². The molecule has 2 aromatic rings. The normalized spacial score (nSPS) is 12.1. The summed E-state index contributed by atoms with van der Waals surface area (Å²) >= 11 is 0. The van der Waals surface area contributed by atoms with E-state index in [1.807, 2.05) is 81.4 Å². The minimum absolute atomic E-state index is 0.383. The molecule has 0 aliphatic rings. The van der Waals surface area contributed by atoms with E-state index in [2.05, 4.69) is 0 Å². The van der Waals surface area contributed by atoms with Crippen LogP contribution < -0.4 is 0 Å². The lowest BCUT2D eigenvalue weighted by Crippen LogP contribution is -2.41. The molecule has 0 heterocycles. The van der Waals surface area contributed by atoms with E-state index in [-0.39, 0.29) is 4.92 Å². The van der Waals surface area contributed by atoms with Gasteiger partial charge in [-0.25, -0.2) is 9.78 Å². The maximum absolute atomic E-state index is 11.4. The standard InChI is InChI=1S/C18H21NO4/c1-17(2,3)22-23-18(14-19(20)21,15-10-6-4-7-11-15)16-12-8-5-9-13-16/h4-13H,14H2,1-3H3. The van der Waals surface area contributed by atoms with Crippen LogP contribution in [-0.2, 0) is 15.4 Å². The van der Waals surface area contributed by atoms with E-state index in [1.54, 1.807) is 0 Å². The Balaban J connectivity index is 2.56. The molecule has 5 nitrogen and oxygen atoms in total. The van der Waals surface area contributed by atoms with E-state index in [9.17, 15) is 10.1 Å². The average Bonchev–Trinajstić information content (AvgIpc) is 2.52. The van der Waals surface area contributed by atoms with Crippen LogP contribution in [0.1, 0.15) is 31.9 Å². The largest absolute Gasteiger partial charge is 0.264 e. The van der Waals surface area contributed by atoms with Crippen molar-refractivity contribution in [3.63, 3.8) is 0 Å². The molecular weight excluding hydrogens is 294 g/mol. The van der Waals surface area contributed by atoms with Gasteiger partial charge in [-0.3, -0.25) is 10.1 Å². The molecule has 5 heteroatoms. The van der Waals surface area contributed by atoms with Gasteiger partial charge in [0.15, 0.2) is 0 Å². The monoisotopic (exact) mass is 315 g/mol. The molecule has 0 saturated carbocycles. The Kier molecular flexibility index (Phi) is 5.13. The topological polar surface area (TPSA) is 61.6 Å².